The van der Waals surface area contributed by atoms with Crippen LogP contribution in [0, 0.1) is 6.92 Å². The van der Waals surface area contributed by atoms with Gasteiger partial charge in [-0.1, -0.05) is 84.4 Å². The van der Waals surface area contributed by atoms with Gasteiger partial charge in [-0.2, -0.15) is 0 Å². The van der Waals surface area contributed by atoms with E-state index < -0.39 is 0 Å². The van der Waals surface area contributed by atoms with Crippen LogP contribution in [0.1, 0.15) is 29.7 Å². The van der Waals surface area contributed by atoms with Gasteiger partial charge in [0.1, 0.15) is 0 Å². The van der Waals surface area contributed by atoms with Crippen LogP contribution in [-0.4, -0.2) is 6.54 Å². The van der Waals surface area contributed by atoms with Crippen molar-refractivity contribution in [1.82, 2.24) is 5.32 Å². The molecule has 0 saturated heterocycles. The fourth-order valence-electron chi connectivity index (χ4n) is 2.86. The Morgan fingerprint density at radius 1 is 0.913 bits per heavy atom. The highest BCUT2D eigenvalue weighted by atomic mass is 14.9. The zero-order valence-corrected chi connectivity index (χ0v) is 13.8. The van der Waals surface area contributed by atoms with Gasteiger partial charge in [0, 0.05) is 12.6 Å². The normalized spacial score (nSPS) is 12.8. The van der Waals surface area contributed by atoms with Crippen molar-refractivity contribution in [1.29, 1.82) is 0 Å². The monoisotopic (exact) mass is 301 g/mol. The molecule has 0 aliphatic heterocycles. The fourth-order valence-corrected chi connectivity index (χ4v) is 2.86. The molecule has 3 aromatic carbocycles. The molecule has 0 aromatic heterocycles. The summed E-state index contributed by atoms with van der Waals surface area (Å²) in [5.41, 5.74) is 3.90. The summed E-state index contributed by atoms with van der Waals surface area (Å²) in [6.45, 7) is 5.20. The second kappa shape index (κ2) is 7.26. The van der Waals surface area contributed by atoms with E-state index in [9.17, 15) is 0 Å². The molecule has 3 aromatic rings. The van der Waals surface area contributed by atoms with E-state index in [0.717, 1.165) is 6.54 Å². The van der Waals surface area contributed by atoms with Gasteiger partial charge in [0.25, 0.3) is 0 Å². The van der Waals surface area contributed by atoms with Gasteiger partial charge in [-0.05, 0) is 35.7 Å². The van der Waals surface area contributed by atoms with E-state index in [1.807, 2.05) is 0 Å². The van der Waals surface area contributed by atoms with E-state index in [0.29, 0.717) is 6.04 Å². The third kappa shape index (κ3) is 3.88. The first kappa shape index (κ1) is 15.5. The number of aryl methyl sites for hydroxylation is 1. The molecule has 0 fully saturated rings. The minimum Gasteiger partial charge on any atom is -0.307 e. The second-order valence-electron chi connectivity index (χ2n) is 6.01. The van der Waals surface area contributed by atoms with Crippen LogP contribution in [0.15, 0.2) is 72.8 Å². The predicted octanol–water partition coefficient (Wildman–Crippen LogP) is 5.51. The molecule has 0 spiro atoms. The molecule has 0 unspecified atom stereocenters. The van der Waals surface area contributed by atoms with Crippen molar-refractivity contribution in [2.45, 2.75) is 19.9 Å². The van der Waals surface area contributed by atoms with Crippen LogP contribution in [0.4, 0.5) is 0 Å². The van der Waals surface area contributed by atoms with Crippen molar-refractivity contribution >= 4 is 16.8 Å². The van der Waals surface area contributed by atoms with E-state index >= 15 is 0 Å². The summed E-state index contributed by atoms with van der Waals surface area (Å²) < 4.78 is 0. The number of hydrogen-bond acceptors (Lipinski definition) is 1. The predicted molar refractivity (Wildman–Crippen MR) is 101 cm³/mol. The van der Waals surface area contributed by atoms with Gasteiger partial charge in [-0.25, -0.2) is 0 Å². The quantitative estimate of drug-likeness (QED) is 0.655. The Morgan fingerprint density at radius 3 is 2.48 bits per heavy atom. The standard InChI is InChI=1S/C22H23N/c1-17-12-14-19(15-13-17)7-6-16-23-18(2)21-11-5-9-20-8-3-4-10-22(20)21/h3-15,18,23H,16H2,1-2H3/b7-6+/t18-/m1/s1. The van der Waals surface area contributed by atoms with Crippen LogP contribution in [0.25, 0.3) is 16.8 Å². The highest BCUT2D eigenvalue weighted by Gasteiger charge is 2.07. The third-order valence-corrected chi connectivity index (χ3v) is 4.22. The van der Waals surface area contributed by atoms with E-state index in [1.165, 1.54) is 27.5 Å². The van der Waals surface area contributed by atoms with Crippen LogP contribution in [0.5, 0.6) is 0 Å². The lowest BCUT2D eigenvalue weighted by Crippen LogP contribution is -2.18. The summed E-state index contributed by atoms with van der Waals surface area (Å²) in [5, 5.41) is 6.22. The molecule has 0 heterocycles. The molecule has 0 aliphatic carbocycles. The number of benzene rings is 3. The molecular formula is C22H23N. The number of hydrogen-bond donors (Lipinski definition) is 1. The van der Waals surface area contributed by atoms with Crippen molar-refractivity contribution in [3.05, 3.63) is 89.5 Å². The Kier molecular flexibility index (Phi) is 4.89. The first-order valence-corrected chi connectivity index (χ1v) is 8.18. The van der Waals surface area contributed by atoms with E-state index in [4.69, 9.17) is 0 Å². The molecule has 1 heteroatoms. The first-order chi connectivity index (χ1) is 11.2. The lowest BCUT2D eigenvalue weighted by atomic mass is 10.00. The third-order valence-electron chi connectivity index (χ3n) is 4.22. The number of nitrogens with one attached hydrogen (secondary N) is 1. The largest absolute Gasteiger partial charge is 0.307 e. The van der Waals surface area contributed by atoms with Crippen LogP contribution in [0.3, 0.4) is 0 Å². The molecule has 1 atom stereocenters. The van der Waals surface area contributed by atoms with Crippen LogP contribution in [0.2, 0.25) is 0 Å². The van der Waals surface area contributed by atoms with Gasteiger partial charge in [-0.15, -0.1) is 0 Å². The Labute approximate surface area is 138 Å². The zero-order chi connectivity index (χ0) is 16.1. The van der Waals surface area contributed by atoms with Gasteiger partial charge < -0.3 is 5.32 Å². The van der Waals surface area contributed by atoms with Gasteiger partial charge >= 0.3 is 0 Å². The van der Waals surface area contributed by atoms with Crippen LogP contribution in [-0.2, 0) is 0 Å². The summed E-state index contributed by atoms with van der Waals surface area (Å²) in [4.78, 5) is 0. The van der Waals surface area contributed by atoms with Crippen LogP contribution < -0.4 is 5.32 Å². The van der Waals surface area contributed by atoms with Crippen molar-refractivity contribution in [3.8, 4) is 0 Å². The molecule has 0 aliphatic rings. The molecule has 0 radical (unpaired) electrons. The smallest absolute Gasteiger partial charge is 0.0300 e. The fraction of sp³-hybridized carbons (Fsp3) is 0.182. The average molecular weight is 301 g/mol. The van der Waals surface area contributed by atoms with E-state index in [1.54, 1.807) is 0 Å². The van der Waals surface area contributed by atoms with Crippen molar-refractivity contribution in [2.75, 3.05) is 6.54 Å². The summed E-state index contributed by atoms with van der Waals surface area (Å²) in [5.74, 6) is 0. The van der Waals surface area contributed by atoms with Crippen molar-refractivity contribution in [2.24, 2.45) is 0 Å². The molecular weight excluding hydrogens is 278 g/mol. The molecule has 0 bridgehead atoms. The summed E-state index contributed by atoms with van der Waals surface area (Å²) in [6, 6.07) is 24.0. The van der Waals surface area contributed by atoms with E-state index in [2.05, 4.69) is 98.0 Å². The van der Waals surface area contributed by atoms with Gasteiger partial charge in [-0.3, -0.25) is 0 Å². The number of rotatable bonds is 5. The number of fused-ring (bicyclic) bond motifs is 1. The Morgan fingerprint density at radius 2 is 1.65 bits per heavy atom. The molecule has 116 valence electrons. The lowest BCUT2D eigenvalue weighted by molar-refractivity contribution is 0.622. The maximum absolute atomic E-state index is 3.59. The molecule has 3 rings (SSSR count). The van der Waals surface area contributed by atoms with Gasteiger partial charge in [0.15, 0.2) is 0 Å². The van der Waals surface area contributed by atoms with Crippen molar-refractivity contribution in [3.63, 3.8) is 0 Å². The van der Waals surface area contributed by atoms with Crippen LogP contribution >= 0.6 is 0 Å². The first-order valence-electron chi connectivity index (χ1n) is 8.18. The molecule has 0 amide bonds. The highest BCUT2D eigenvalue weighted by molar-refractivity contribution is 5.86. The molecule has 23 heavy (non-hydrogen) atoms. The molecule has 1 nitrogen and oxygen atoms in total. The maximum atomic E-state index is 3.59. The topological polar surface area (TPSA) is 12.0 Å². The lowest BCUT2D eigenvalue weighted by Gasteiger charge is -2.15. The van der Waals surface area contributed by atoms with E-state index in [-0.39, 0.29) is 0 Å². The van der Waals surface area contributed by atoms with Gasteiger partial charge in [0.2, 0.25) is 0 Å². The SMILES string of the molecule is Cc1ccc(/C=C/CN[C@H](C)c2cccc3ccccc23)cc1. The average Bonchev–Trinajstić information content (AvgIpc) is 2.59. The van der Waals surface area contributed by atoms with Crippen molar-refractivity contribution < 1.29 is 0 Å². The Balaban J connectivity index is 1.64. The zero-order valence-electron chi connectivity index (χ0n) is 13.8. The van der Waals surface area contributed by atoms with Gasteiger partial charge in [0.05, 0.1) is 0 Å². The molecule has 1 N–H and O–H groups in total. The maximum Gasteiger partial charge on any atom is 0.0300 e. The second-order valence-corrected chi connectivity index (χ2v) is 6.01. The summed E-state index contributed by atoms with van der Waals surface area (Å²) in [6.07, 6.45) is 4.36. The Bertz CT molecular complexity index is 794. The molecule has 0 saturated carbocycles. The minimum atomic E-state index is 0.323. The Hall–Kier alpha value is -2.38. The highest BCUT2D eigenvalue weighted by Crippen LogP contribution is 2.23. The minimum absolute atomic E-state index is 0.323. The summed E-state index contributed by atoms with van der Waals surface area (Å²) >= 11 is 0. The summed E-state index contributed by atoms with van der Waals surface area (Å²) in [7, 11) is 0.